The van der Waals surface area contributed by atoms with Gasteiger partial charge in [-0.1, -0.05) is 0 Å². The first-order valence-electron chi connectivity index (χ1n) is 10.2. The molecule has 0 spiro atoms. The number of ether oxygens (including phenoxy) is 2. The summed E-state index contributed by atoms with van der Waals surface area (Å²) in [5.41, 5.74) is -1.11. The van der Waals surface area contributed by atoms with Crippen molar-refractivity contribution in [3.8, 4) is 17.0 Å². The number of rotatable bonds is 7. The number of methoxy groups -OCH3 is 2. The van der Waals surface area contributed by atoms with Crippen molar-refractivity contribution in [2.45, 2.75) is 19.1 Å². The van der Waals surface area contributed by atoms with E-state index in [0.29, 0.717) is 11.3 Å². The molecule has 0 fully saturated rings. The number of anilines is 1. The summed E-state index contributed by atoms with van der Waals surface area (Å²) in [5.74, 6) is -1.58. The number of nitrogens with zero attached hydrogens (tertiary/aromatic N) is 4. The Balaban J connectivity index is 1.86. The third-order valence-electron chi connectivity index (χ3n) is 4.62. The SMILES string of the molecule is COC[C@H](C)N=C(NC(=O)c1cn(C)nc1C(F)(F)F)Nc1cc(-c2ccc(OC)c(F)c2)[nH]n1. The van der Waals surface area contributed by atoms with Gasteiger partial charge in [-0.3, -0.25) is 19.9 Å². The van der Waals surface area contributed by atoms with Crippen LogP contribution in [0.4, 0.5) is 23.4 Å². The van der Waals surface area contributed by atoms with Crippen LogP contribution in [-0.4, -0.2) is 58.7 Å². The highest BCUT2D eigenvalue weighted by Gasteiger charge is 2.39. The molecule has 0 aliphatic heterocycles. The molecule has 0 bridgehead atoms. The molecule has 14 heteroatoms. The molecule has 3 aromatic rings. The smallest absolute Gasteiger partial charge is 0.435 e. The maximum atomic E-state index is 14.1. The molecule has 0 saturated heterocycles. The number of guanidine groups is 1. The van der Waals surface area contributed by atoms with Gasteiger partial charge in [0.1, 0.15) is 0 Å². The van der Waals surface area contributed by atoms with Gasteiger partial charge < -0.3 is 14.8 Å². The van der Waals surface area contributed by atoms with E-state index in [9.17, 15) is 22.4 Å². The Morgan fingerprint density at radius 3 is 2.66 bits per heavy atom. The van der Waals surface area contributed by atoms with E-state index >= 15 is 0 Å². The number of aromatic nitrogens is 4. The van der Waals surface area contributed by atoms with Crippen LogP contribution in [0, 0.1) is 5.82 Å². The van der Waals surface area contributed by atoms with Gasteiger partial charge in [0.2, 0.25) is 5.96 Å². The molecule has 2 aromatic heterocycles. The fourth-order valence-corrected chi connectivity index (χ4v) is 3.12. The Labute approximate surface area is 197 Å². The van der Waals surface area contributed by atoms with Crippen LogP contribution in [0.2, 0.25) is 0 Å². The van der Waals surface area contributed by atoms with Gasteiger partial charge in [0.05, 0.1) is 31.0 Å². The van der Waals surface area contributed by atoms with Crippen LogP contribution in [0.15, 0.2) is 35.5 Å². The number of halogens is 4. The third kappa shape index (κ3) is 6.35. The number of benzene rings is 1. The zero-order valence-electron chi connectivity index (χ0n) is 19.2. The van der Waals surface area contributed by atoms with E-state index in [1.165, 1.54) is 39.5 Å². The van der Waals surface area contributed by atoms with E-state index in [0.717, 1.165) is 10.9 Å². The highest BCUT2D eigenvalue weighted by molar-refractivity contribution is 6.10. The normalized spacial score (nSPS) is 13.0. The molecule has 35 heavy (non-hydrogen) atoms. The minimum absolute atomic E-state index is 0.0736. The molecule has 188 valence electrons. The van der Waals surface area contributed by atoms with Crippen LogP contribution >= 0.6 is 0 Å². The molecule has 3 rings (SSSR count). The second kappa shape index (κ2) is 10.5. The van der Waals surface area contributed by atoms with Crippen LogP contribution < -0.4 is 15.4 Å². The predicted octanol–water partition coefficient (Wildman–Crippen LogP) is 3.21. The van der Waals surface area contributed by atoms with Gasteiger partial charge >= 0.3 is 6.18 Å². The molecule has 1 aromatic carbocycles. The van der Waals surface area contributed by atoms with Crippen molar-refractivity contribution in [2.75, 3.05) is 26.1 Å². The lowest BCUT2D eigenvalue weighted by atomic mass is 10.1. The summed E-state index contributed by atoms with van der Waals surface area (Å²) in [6, 6.07) is 5.35. The van der Waals surface area contributed by atoms with Crippen molar-refractivity contribution in [2.24, 2.45) is 12.0 Å². The maximum Gasteiger partial charge on any atom is 0.435 e. The number of carbonyl (C=O) groups excluding carboxylic acids is 1. The lowest BCUT2D eigenvalue weighted by molar-refractivity contribution is -0.141. The molecule has 1 atom stereocenters. The fraction of sp³-hybridized carbons (Fsp3) is 0.333. The number of aliphatic imine (C=N–C) groups is 1. The first-order chi connectivity index (χ1) is 16.5. The standard InChI is InChI=1S/C21H23F4N7O3/c1-11(10-34-3)26-20(28-19(33)13-9-32(2)31-18(13)21(23,24)25)27-17-8-15(29-30-17)12-5-6-16(35-4)14(22)7-12/h5-9,11H,10H2,1-4H3,(H3,26,27,28,29,30,33)/t11-/m0/s1. The number of aromatic amines is 1. The monoisotopic (exact) mass is 497 g/mol. The van der Waals surface area contributed by atoms with Crippen LogP contribution in [0.1, 0.15) is 23.0 Å². The van der Waals surface area contributed by atoms with Crippen molar-refractivity contribution in [3.63, 3.8) is 0 Å². The van der Waals surface area contributed by atoms with E-state index < -0.39 is 35.2 Å². The first kappa shape index (κ1) is 25.7. The van der Waals surface area contributed by atoms with Gasteiger partial charge in [-0.15, -0.1) is 0 Å². The second-order valence-electron chi connectivity index (χ2n) is 7.44. The van der Waals surface area contributed by atoms with Gasteiger partial charge in [-0.25, -0.2) is 9.38 Å². The molecule has 0 aliphatic carbocycles. The number of hydrogen-bond donors (Lipinski definition) is 3. The number of aryl methyl sites for hydroxylation is 1. The Hall–Kier alpha value is -3.94. The highest BCUT2D eigenvalue weighted by atomic mass is 19.4. The van der Waals surface area contributed by atoms with E-state index in [-0.39, 0.29) is 24.1 Å². The number of hydrogen-bond acceptors (Lipinski definition) is 6. The molecule has 2 heterocycles. The maximum absolute atomic E-state index is 14.1. The predicted molar refractivity (Wildman–Crippen MR) is 119 cm³/mol. The van der Waals surface area contributed by atoms with E-state index in [4.69, 9.17) is 9.47 Å². The van der Waals surface area contributed by atoms with Gasteiger partial charge in [-0.2, -0.15) is 23.4 Å². The molecule has 0 radical (unpaired) electrons. The largest absolute Gasteiger partial charge is 0.494 e. The Morgan fingerprint density at radius 1 is 1.29 bits per heavy atom. The van der Waals surface area contributed by atoms with Crippen LogP contribution in [-0.2, 0) is 18.0 Å². The quantitative estimate of drug-likeness (QED) is 0.262. The minimum atomic E-state index is -4.83. The molecule has 10 nitrogen and oxygen atoms in total. The average Bonchev–Trinajstić information content (AvgIpc) is 3.40. The second-order valence-corrected chi connectivity index (χ2v) is 7.44. The summed E-state index contributed by atoms with van der Waals surface area (Å²) in [6.07, 6.45) is -3.87. The molecule has 0 unspecified atom stereocenters. The molecule has 0 saturated carbocycles. The number of carbonyl (C=O) groups is 1. The van der Waals surface area contributed by atoms with Crippen LogP contribution in [0.25, 0.3) is 11.3 Å². The summed E-state index contributed by atoms with van der Waals surface area (Å²) in [4.78, 5) is 16.9. The van der Waals surface area contributed by atoms with Crippen molar-refractivity contribution in [1.29, 1.82) is 0 Å². The Morgan fingerprint density at radius 2 is 2.03 bits per heavy atom. The van der Waals surface area contributed by atoms with Crippen molar-refractivity contribution >= 4 is 17.7 Å². The molecular weight excluding hydrogens is 474 g/mol. The first-order valence-corrected chi connectivity index (χ1v) is 10.2. The average molecular weight is 497 g/mol. The number of H-pyrrole nitrogens is 1. The highest BCUT2D eigenvalue weighted by Crippen LogP contribution is 2.30. The van der Waals surface area contributed by atoms with Gasteiger partial charge in [0, 0.05) is 32.0 Å². The van der Waals surface area contributed by atoms with E-state index in [2.05, 4.69) is 30.9 Å². The molecule has 1 amide bonds. The van der Waals surface area contributed by atoms with Gasteiger partial charge in [0.25, 0.3) is 5.91 Å². The van der Waals surface area contributed by atoms with Crippen LogP contribution in [0.5, 0.6) is 5.75 Å². The zero-order valence-corrected chi connectivity index (χ0v) is 19.2. The summed E-state index contributed by atoms with van der Waals surface area (Å²) >= 11 is 0. The summed E-state index contributed by atoms with van der Waals surface area (Å²) in [7, 11) is 4.07. The van der Waals surface area contributed by atoms with Gasteiger partial charge in [-0.05, 0) is 25.1 Å². The zero-order chi connectivity index (χ0) is 25.8. The third-order valence-corrected chi connectivity index (χ3v) is 4.62. The Kier molecular flexibility index (Phi) is 7.74. The minimum Gasteiger partial charge on any atom is -0.494 e. The van der Waals surface area contributed by atoms with E-state index in [1.54, 1.807) is 13.0 Å². The summed E-state index contributed by atoms with van der Waals surface area (Å²) < 4.78 is 64.7. The summed E-state index contributed by atoms with van der Waals surface area (Å²) in [5, 5.41) is 15.2. The number of alkyl halides is 3. The molecule has 3 N–H and O–H groups in total. The molecular formula is C21H23F4N7O3. The summed E-state index contributed by atoms with van der Waals surface area (Å²) in [6.45, 7) is 1.86. The van der Waals surface area contributed by atoms with Gasteiger partial charge in [0.15, 0.2) is 23.1 Å². The lowest BCUT2D eigenvalue weighted by Gasteiger charge is -2.13. The lowest BCUT2D eigenvalue weighted by Crippen LogP contribution is -2.38. The van der Waals surface area contributed by atoms with Crippen molar-refractivity contribution in [1.82, 2.24) is 25.3 Å². The Bertz CT molecular complexity index is 1220. The topological polar surface area (TPSA) is 118 Å². The van der Waals surface area contributed by atoms with Crippen molar-refractivity contribution in [3.05, 3.63) is 47.5 Å². The fourth-order valence-electron chi connectivity index (χ4n) is 3.12. The van der Waals surface area contributed by atoms with E-state index in [1.807, 2.05) is 0 Å². The number of amides is 1. The number of nitrogens with one attached hydrogen (secondary N) is 3. The molecule has 0 aliphatic rings. The van der Waals surface area contributed by atoms with Crippen molar-refractivity contribution < 1.29 is 31.8 Å². The van der Waals surface area contributed by atoms with Crippen LogP contribution in [0.3, 0.4) is 0 Å².